The van der Waals surface area contributed by atoms with Crippen molar-refractivity contribution < 1.29 is 24.2 Å². The largest absolute Gasteiger partial charge is 0.494 e. The normalized spacial score (nSPS) is 15.2. The first-order chi connectivity index (χ1) is 16.3. The maximum atomic E-state index is 12.8. The molecule has 2 N–H and O–H groups in total. The number of Topliss-reactive ketones (excluding diaryl/α,β-unsaturated/α-hetero) is 1. The number of carbonyl (C=O) groups is 3. The van der Waals surface area contributed by atoms with Crippen LogP contribution in [0, 0.1) is 5.92 Å². The van der Waals surface area contributed by atoms with Crippen LogP contribution in [0.15, 0.2) is 24.3 Å². The van der Waals surface area contributed by atoms with Gasteiger partial charge >= 0.3 is 6.09 Å². The van der Waals surface area contributed by atoms with E-state index in [0.717, 1.165) is 56.6 Å². The molecule has 8 heteroatoms. The quantitative estimate of drug-likeness (QED) is 0.311. The molecule has 0 saturated carbocycles. The highest BCUT2D eigenvalue weighted by atomic mass is 16.5. The minimum atomic E-state index is -1.16. The molecular weight excluding hydrogens is 434 g/mol. The Morgan fingerprint density at radius 2 is 1.71 bits per heavy atom. The summed E-state index contributed by atoms with van der Waals surface area (Å²) in [5.74, 6) is 1.05. The zero-order valence-electron chi connectivity index (χ0n) is 20.9. The lowest BCUT2D eigenvalue weighted by atomic mass is 10.0. The van der Waals surface area contributed by atoms with E-state index in [-0.39, 0.29) is 17.6 Å². The lowest BCUT2D eigenvalue weighted by Gasteiger charge is -2.36. The molecule has 2 rings (SSSR count). The first-order valence-electron chi connectivity index (χ1n) is 12.6. The fourth-order valence-electron chi connectivity index (χ4n) is 4.15. The first kappa shape index (κ1) is 27.6. The molecule has 0 spiro atoms. The standard InChI is InChI=1S/C26H41N3O5/c1-4-5-6-8-24(30)21-9-11-22(12-10-21)34-18-7-13-28-14-16-29(17-15-28)25(31)23(19-20(2)3)27-26(32)33/h9-12,20,23,27H,4-8,13-19H2,1-3H3,(H,32,33)/t23-/m1/s1. The number of ether oxygens (including phenoxy) is 1. The molecule has 1 fully saturated rings. The molecule has 8 nitrogen and oxygen atoms in total. The molecule has 1 saturated heterocycles. The van der Waals surface area contributed by atoms with E-state index in [4.69, 9.17) is 9.84 Å². The van der Waals surface area contributed by atoms with Gasteiger partial charge < -0.3 is 20.1 Å². The van der Waals surface area contributed by atoms with Crippen molar-refractivity contribution in [3.05, 3.63) is 29.8 Å². The van der Waals surface area contributed by atoms with Crippen LogP contribution in [0.1, 0.15) is 69.7 Å². The Balaban J connectivity index is 1.67. The van der Waals surface area contributed by atoms with Gasteiger partial charge in [0.05, 0.1) is 6.61 Å². The van der Waals surface area contributed by atoms with Crippen LogP contribution in [0.3, 0.4) is 0 Å². The Bertz CT molecular complexity index is 773. The summed E-state index contributed by atoms with van der Waals surface area (Å²) in [7, 11) is 0. The second kappa shape index (κ2) is 14.6. The van der Waals surface area contributed by atoms with Gasteiger partial charge in [0.15, 0.2) is 5.78 Å². The third kappa shape index (κ3) is 9.71. The number of nitrogens with zero attached hydrogens (tertiary/aromatic N) is 2. The van der Waals surface area contributed by atoms with E-state index >= 15 is 0 Å². The van der Waals surface area contributed by atoms with Gasteiger partial charge in [-0.15, -0.1) is 0 Å². The van der Waals surface area contributed by atoms with Gasteiger partial charge in [-0.2, -0.15) is 0 Å². The van der Waals surface area contributed by atoms with Gasteiger partial charge in [-0.3, -0.25) is 14.5 Å². The molecule has 34 heavy (non-hydrogen) atoms. The molecule has 0 aromatic heterocycles. The van der Waals surface area contributed by atoms with Crippen LogP contribution >= 0.6 is 0 Å². The summed E-state index contributed by atoms with van der Waals surface area (Å²) in [5.41, 5.74) is 0.741. The fraction of sp³-hybridized carbons (Fsp3) is 0.654. The molecule has 1 heterocycles. The van der Waals surface area contributed by atoms with E-state index in [1.54, 1.807) is 4.90 Å². The second-order valence-electron chi connectivity index (χ2n) is 9.41. The molecule has 0 unspecified atom stereocenters. The maximum Gasteiger partial charge on any atom is 0.405 e. The number of carbonyl (C=O) groups excluding carboxylic acids is 2. The number of piperazine rings is 1. The summed E-state index contributed by atoms with van der Waals surface area (Å²) < 4.78 is 5.83. The number of rotatable bonds is 14. The van der Waals surface area contributed by atoms with Crippen molar-refractivity contribution in [3.8, 4) is 5.75 Å². The van der Waals surface area contributed by atoms with Crippen LogP contribution in [0.4, 0.5) is 4.79 Å². The van der Waals surface area contributed by atoms with E-state index in [1.165, 1.54) is 0 Å². The average molecular weight is 476 g/mol. The van der Waals surface area contributed by atoms with E-state index < -0.39 is 12.1 Å². The predicted molar refractivity (Wildman–Crippen MR) is 132 cm³/mol. The third-order valence-corrected chi connectivity index (χ3v) is 6.06. The van der Waals surface area contributed by atoms with Crippen molar-refractivity contribution in [2.45, 2.75) is 65.3 Å². The van der Waals surface area contributed by atoms with Crippen molar-refractivity contribution in [2.75, 3.05) is 39.3 Å². The number of benzene rings is 1. The molecule has 2 amide bonds. The summed E-state index contributed by atoms with van der Waals surface area (Å²) in [6.45, 7) is 10.3. The van der Waals surface area contributed by atoms with Crippen molar-refractivity contribution in [2.24, 2.45) is 5.92 Å². The molecule has 1 atom stereocenters. The van der Waals surface area contributed by atoms with Crippen LogP contribution < -0.4 is 10.1 Å². The van der Waals surface area contributed by atoms with Crippen molar-refractivity contribution in [1.82, 2.24) is 15.1 Å². The van der Waals surface area contributed by atoms with Crippen LogP contribution in [0.25, 0.3) is 0 Å². The molecule has 0 radical (unpaired) electrons. The number of hydrogen-bond donors (Lipinski definition) is 2. The number of amides is 2. The zero-order chi connectivity index (χ0) is 24.9. The van der Waals surface area contributed by atoms with Crippen LogP contribution in [0.5, 0.6) is 5.75 Å². The Kier molecular flexibility index (Phi) is 11.9. The molecule has 1 aromatic carbocycles. The number of hydrogen-bond acceptors (Lipinski definition) is 5. The number of carboxylic acid groups (broad SMARTS) is 1. The van der Waals surface area contributed by atoms with Crippen LogP contribution in [-0.4, -0.2) is 78.1 Å². The minimum Gasteiger partial charge on any atom is -0.494 e. The molecule has 1 aliphatic heterocycles. The SMILES string of the molecule is CCCCCC(=O)c1ccc(OCCCN2CCN(C(=O)[C@@H](CC(C)C)NC(=O)O)CC2)cc1. The second-order valence-corrected chi connectivity index (χ2v) is 9.41. The topological polar surface area (TPSA) is 99.2 Å². The van der Waals surface area contributed by atoms with Gasteiger partial charge in [0.25, 0.3) is 0 Å². The molecule has 1 aliphatic rings. The number of unbranched alkanes of at least 4 members (excludes halogenated alkanes) is 2. The summed E-state index contributed by atoms with van der Waals surface area (Å²) in [4.78, 5) is 40.0. The Morgan fingerprint density at radius 3 is 2.29 bits per heavy atom. The molecule has 1 aromatic rings. The highest BCUT2D eigenvalue weighted by Crippen LogP contribution is 2.16. The van der Waals surface area contributed by atoms with E-state index in [9.17, 15) is 14.4 Å². The Morgan fingerprint density at radius 1 is 1.03 bits per heavy atom. The number of nitrogens with one attached hydrogen (secondary N) is 1. The summed E-state index contributed by atoms with van der Waals surface area (Å²) >= 11 is 0. The maximum absolute atomic E-state index is 12.8. The van der Waals surface area contributed by atoms with Crippen molar-refractivity contribution in [1.29, 1.82) is 0 Å². The first-order valence-corrected chi connectivity index (χ1v) is 12.6. The summed E-state index contributed by atoms with van der Waals surface area (Å²) in [6.07, 6.45) is 3.93. The fourth-order valence-corrected chi connectivity index (χ4v) is 4.15. The van der Waals surface area contributed by atoms with E-state index in [0.29, 0.717) is 32.5 Å². The highest BCUT2D eigenvalue weighted by molar-refractivity contribution is 5.96. The van der Waals surface area contributed by atoms with E-state index in [2.05, 4.69) is 17.1 Å². The van der Waals surface area contributed by atoms with E-state index in [1.807, 2.05) is 38.1 Å². The summed E-state index contributed by atoms with van der Waals surface area (Å²) in [6, 6.07) is 6.71. The van der Waals surface area contributed by atoms with Gasteiger partial charge in [0, 0.05) is 44.7 Å². The lowest BCUT2D eigenvalue weighted by Crippen LogP contribution is -2.55. The van der Waals surface area contributed by atoms with Crippen LogP contribution in [-0.2, 0) is 4.79 Å². The minimum absolute atomic E-state index is 0.133. The van der Waals surface area contributed by atoms with Gasteiger partial charge in [-0.05, 0) is 49.4 Å². The molecule has 0 bridgehead atoms. The van der Waals surface area contributed by atoms with Gasteiger partial charge in [-0.1, -0.05) is 33.6 Å². The highest BCUT2D eigenvalue weighted by Gasteiger charge is 2.29. The average Bonchev–Trinajstić information content (AvgIpc) is 2.81. The predicted octanol–water partition coefficient (Wildman–Crippen LogP) is 4.05. The van der Waals surface area contributed by atoms with Crippen molar-refractivity contribution >= 4 is 17.8 Å². The number of ketones is 1. The summed E-state index contributed by atoms with van der Waals surface area (Å²) in [5, 5.41) is 11.4. The van der Waals surface area contributed by atoms with Crippen molar-refractivity contribution in [3.63, 3.8) is 0 Å². The lowest BCUT2D eigenvalue weighted by molar-refractivity contribution is -0.135. The third-order valence-electron chi connectivity index (χ3n) is 6.06. The van der Waals surface area contributed by atoms with Gasteiger partial charge in [0.1, 0.15) is 11.8 Å². The Hall–Kier alpha value is -2.61. The molecular formula is C26H41N3O5. The van der Waals surface area contributed by atoms with Gasteiger partial charge in [-0.25, -0.2) is 4.79 Å². The zero-order valence-corrected chi connectivity index (χ0v) is 20.9. The monoisotopic (exact) mass is 475 g/mol. The van der Waals surface area contributed by atoms with Crippen LogP contribution in [0.2, 0.25) is 0 Å². The smallest absolute Gasteiger partial charge is 0.405 e. The Labute approximate surface area is 203 Å². The van der Waals surface area contributed by atoms with Gasteiger partial charge in [0.2, 0.25) is 5.91 Å². The molecule has 190 valence electrons. The molecule has 0 aliphatic carbocycles.